The molecule has 0 spiro atoms. The van der Waals surface area contributed by atoms with Crippen LogP contribution in [-0.2, 0) is 4.79 Å². The Morgan fingerprint density at radius 2 is 1.95 bits per heavy atom. The van der Waals surface area contributed by atoms with E-state index in [0.717, 1.165) is 31.5 Å². The molecule has 6 heteroatoms. The molecule has 1 saturated heterocycles. The van der Waals surface area contributed by atoms with Gasteiger partial charge in [-0.25, -0.2) is 9.97 Å². The molecule has 3 N–H and O–H groups in total. The molecule has 104 valence electrons. The highest BCUT2D eigenvalue weighted by molar-refractivity contribution is 5.81. The average molecular weight is 263 g/mol. The molecule has 0 aromatic carbocycles. The molecule has 2 rings (SSSR count). The Kier molecular flexibility index (Phi) is 4.19. The summed E-state index contributed by atoms with van der Waals surface area (Å²) in [7, 11) is 0. The van der Waals surface area contributed by atoms with Crippen molar-refractivity contribution in [3.63, 3.8) is 0 Å². The summed E-state index contributed by atoms with van der Waals surface area (Å²) in [6.07, 6.45) is 3.42. The number of carbonyl (C=O) groups is 1. The molecule has 0 unspecified atom stereocenters. The van der Waals surface area contributed by atoms with Crippen LogP contribution in [-0.4, -0.2) is 40.4 Å². The van der Waals surface area contributed by atoms with Crippen LogP contribution >= 0.6 is 0 Å². The fourth-order valence-corrected chi connectivity index (χ4v) is 2.24. The van der Waals surface area contributed by atoms with Crippen molar-refractivity contribution in [1.82, 2.24) is 14.9 Å². The van der Waals surface area contributed by atoms with E-state index in [1.165, 1.54) is 6.42 Å². The smallest absolute Gasteiger partial charge is 0.241 e. The fraction of sp³-hybridized carbons (Fsp3) is 0.615. The number of amides is 1. The zero-order valence-electron chi connectivity index (χ0n) is 11.6. The van der Waals surface area contributed by atoms with Crippen molar-refractivity contribution in [2.45, 2.75) is 33.1 Å². The number of hydrogen-bond donors (Lipinski definition) is 2. The summed E-state index contributed by atoms with van der Waals surface area (Å²) in [6.45, 7) is 5.63. The molecule has 1 aliphatic heterocycles. The van der Waals surface area contributed by atoms with Gasteiger partial charge in [0, 0.05) is 18.7 Å². The molecule has 6 nitrogen and oxygen atoms in total. The molecule has 2 heterocycles. The molecule has 1 fully saturated rings. The summed E-state index contributed by atoms with van der Waals surface area (Å²) >= 11 is 0. The molecular formula is C13H21N5O. The summed E-state index contributed by atoms with van der Waals surface area (Å²) in [5.41, 5.74) is 6.57. The van der Waals surface area contributed by atoms with Crippen LogP contribution in [0.5, 0.6) is 0 Å². The number of nitrogens with zero attached hydrogens (tertiary/aromatic N) is 3. The number of nitrogens with one attached hydrogen (secondary N) is 1. The van der Waals surface area contributed by atoms with Crippen LogP contribution in [0.4, 0.5) is 11.6 Å². The Labute approximate surface area is 113 Å². The van der Waals surface area contributed by atoms with Gasteiger partial charge < -0.3 is 16.0 Å². The Balaban J connectivity index is 1.96. The third-order valence-electron chi connectivity index (χ3n) is 3.41. The molecular weight excluding hydrogens is 242 g/mol. The number of hydrogen-bond acceptors (Lipinski definition) is 5. The maximum atomic E-state index is 12.0. The third kappa shape index (κ3) is 3.33. The van der Waals surface area contributed by atoms with Gasteiger partial charge in [0.1, 0.15) is 17.5 Å². The van der Waals surface area contributed by atoms with Gasteiger partial charge in [-0.15, -0.1) is 0 Å². The SMILES string of the molecule is Cc1nc(N)c(C)c(NCC(=O)N2CCCCC2)n1. The number of rotatable bonds is 3. The molecule has 1 aliphatic rings. The first kappa shape index (κ1) is 13.6. The number of piperidine rings is 1. The molecule has 0 saturated carbocycles. The summed E-state index contributed by atoms with van der Waals surface area (Å²) in [6, 6.07) is 0. The van der Waals surface area contributed by atoms with E-state index in [0.29, 0.717) is 17.5 Å². The molecule has 0 radical (unpaired) electrons. The minimum Gasteiger partial charge on any atom is -0.383 e. The predicted molar refractivity (Wildman–Crippen MR) is 74.8 cm³/mol. The lowest BCUT2D eigenvalue weighted by Gasteiger charge is -2.27. The van der Waals surface area contributed by atoms with Crippen LogP contribution in [0.1, 0.15) is 30.7 Å². The quantitative estimate of drug-likeness (QED) is 0.853. The van der Waals surface area contributed by atoms with Crippen molar-refractivity contribution >= 4 is 17.5 Å². The number of nitrogen functional groups attached to an aromatic ring is 1. The van der Waals surface area contributed by atoms with Gasteiger partial charge in [-0.2, -0.15) is 0 Å². The van der Waals surface area contributed by atoms with Crippen LogP contribution < -0.4 is 11.1 Å². The van der Waals surface area contributed by atoms with Gasteiger partial charge >= 0.3 is 0 Å². The van der Waals surface area contributed by atoms with Gasteiger partial charge in [0.25, 0.3) is 0 Å². The van der Waals surface area contributed by atoms with Gasteiger partial charge in [0.2, 0.25) is 5.91 Å². The van der Waals surface area contributed by atoms with Crippen molar-refractivity contribution in [1.29, 1.82) is 0 Å². The second-order valence-electron chi connectivity index (χ2n) is 4.92. The van der Waals surface area contributed by atoms with Crippen LogP contribution in [0, 0.1) is 13.8 Å². The van der Waals surface area contributed by atoms with E-state index in [-0.39, 0.29) is 12.5 Å². The monoisotopic (exact) mass is 263 g/mol. The lowest BCUT2D eigenvalue weighted by molar-refractivity contribution is -0.130. The Morgan fingerprint density at radius 1 is 1.26 bits per heavy atom. The maximum Gasteiger partial charge on any atom is 0.241 e. The Bertz CT molecular complexity index is 468. The molecule has 1 amide bonds. The number of carbonyl (C=O) groups excluding carboxylic acids is 1. The van der Waals surface area contributed by atoms with Crippen LogP contribution in [0.3, 0.4) is 0 Å². The normalized spacial score (nSPS) is 15.4. The number of aryl methyl sites for hydroxylation is 1. The average Bonchev–Trinajstić information content (AvgIpc) is 2.41. The van der Waals surface area contributed by atoms with Gasteiger partial charge in [0.15, 0.2) is 0 Å². The summed E-state index contributed by atoms with van der Waals surface area (Å²) in [5, 5.41) is 3.07. The minimum atomic E-state index is 0.119. The van der Waals surface area contributed by atoms with E-state index < -0.39 is 0 Å². The van der Waals surface area contributed by atoms with E-state index in [1.807, 2.05) is 11.8 Å². The highest BCUT2D eigenvalue weighted by Gasteiger charge is 2.16. The number of anilines is 2. The molecule has 1 aromatic heterocycles. The van der Waals surface area contributed by atoms with Gasteiger partial charge in [-0.1, -0.05) is 0 Å². The van der Waals surface area contributed by atoms with Crippen molar-refractivity contribution in [2.24, 2.45) is 0 Å². The predicted octanol–water partition coefficient (Wildman–Crippen LogP) is 1.10. The molecule has 1 aromatic rings. The number of aromatic nitrogens is 2. The zero-order chi connectivity index (χ0) is 13.8. The van der Waals surface area contributed by atoms with E-state index >= 15 is 0 Å². The Hall–Kier alpha value is -1.85. The number of likely N-dealkylation sites (tertiary alicyclic amines) is 1. The molecule has 0 bridgehead atoms. The van der Waals surface area contributed by atoms with Gasteiger partial charge in [-0.3, -0.25) is 4.79 Å². The Morgan fingerprint density at radius 3 is 2.63 bits per heavy atom. The first-order chi connectivity index (χ1) is 9.08. The van der Waals surface area contributed by atoms with E-state index in [2.05, 4.69) is 15.3 Å². The van der Waals surface area contributed by atoms with Crippen LogP contribution in [0.15, 0.2) is 0 Å². The third-order valence-corrected chi connectivity index (χ3v) is 3.41. The van der Waals surface area contributed by atoms with Gasteiger partial charge in [0.05, 0.1) is 6.54 Å². The second-order valence-corrected chi connectivity index (χ2v) is 4.92. The lowest BCUT2D eigenvalue weighted by atomic mass is 10.1. The summed E-state index contributed by atoms with van der Waals surface area (Å²) < 4.78 is 0. The van der Waals surface area contributed by atoms with Crippen molar-refractivity contribution in [3.8, 4) is 0 Å². The standard InChI is InChI=1S/C13H21N5O/c1-9-12(14)16-10(2)17-13(9)15-8-11(19)18-6-4-3-5-7-18/h3-8H2,1-2H3,(H3,14,15,16,17). The summed E-state index contributed by atoms with van der Waals surface area (Å²) in [4.78, 5) is 22.3. The highest BCUT2D eigenvalue weighted by atomic mass is 16.2. The van der Waals surface area contributed by atoms with Crippen molar-refractivity contribution in [3.05, 3.63) is 11.4 Å². The van der Waals surface area contributed by atoms with E-state index in [1.54, 1.807) is 6.92 Å². The lowest BCUT2D eigenvalue weighted by Crippen LogP contribution is -2.39. The van der Waals surface area contributed by atoms with E-state index in [4.69, 9.17) is 5.73 Å². The van der Waals surface area contributed by atoms with Crippen LogP contribution in [0.2, 0.25) is 0 Å². The highest BCUT2D eigenvalue weighted by Crippen LogP contribution is 2.17. The fourth-order valence-electron chi connectivity index (χ4n) is 2.24. The molecule has 19 heavy (non-hydrogen) atoms. The van der Waals surface area contributed by atoms with E-state index in [9.17, 15) is 4.79 Å². The first-order valence-electron chi connectivity index (χ1n) is 6.70. The maximum absolute atomic E-state index is 12.0. The van der Waals surface area contributed by atoms with Gasteiger partial charge in [-0.05, 0) is 33.1 Å². The zero-order valence-corrected chi connectivity index (χ0v) is 11.6. The second kappa shape index (κ2) is 5.86. The van der Waals surface area contributed by atoms with Crippen LogP contribution in [0.25, 0.3) is 0 Å². The van der Waals surface area contributed by atoms with Crippen molar-refractivity contribution in [2.75, 3.05) is 30.7 Å². The summed E-state index contributed by atoms with van der Waals surface area (Å²) in [5.74, 6) is 1.83. The molecule has 0 atom stereocenters. The topological polar surface area (TPSA) is 84.1 Å². The molecule has 0 aliphatic carbocycles. The first-order valence-corrected chi connectivity index (χ1v) is 6.70. The number of nitrogens with two attached hydrogens (primary N) is 1. The van der Waals surface area contributed by atoms with Crippen molar-refractivity contribution < 1.29 is 4.79 Å². The largest absolute Gasteiger partial charge is 0.383 e. The minimum absolute atomic E-state index is 0.119.